The molecule has 0 radical (unpaired) electrons. The summed E-state index contributed by atoms with van der Waals surface area (Å²) < 4.78 is 32.3. The number of amides is 1. The average molecular weight is 429 g/mol. The van der Waals surface area contributed by atoms with Crippen molar-refractivity contribution in [3.05, 3.63) is 66.8 Å². The van der Waals surface area contributed by atoms with Gasteiger partial charge in [0.15, 0.2) is 6.61 Å². The van der Waals surface area contributed by atoms with Crippen LogP contribution in [0.25, 0.3) is 10.8 Å². The zero-order valence-corrected chi connectivity index (χ0v) is 17.5. The predicted octanol–water partition coefficient (Wildman–Crippen LogP) is 2.35. The van der Waals surface area contributed by atoms with E-state index < -0.39 is 16.0 Å². The number of carbonyl (C=O) groups is 2. The lowest BCUT2D eigenvalue weighted by Gasteiger charge is -2.33. The molecule has 0 aromatic heterocycles. The van der Waals surface area contributed by atoms with Gasteiger partial charge in [-0.3, -0.25) is 4.79 Å². The first-order valence-electron chi connectivity index (χ1n) is 9.64. The third kappa shape index (κ3) is 5.14. The smallest absolute Gasteiger partial charge is 0.331 e. The quantitative estimate of drug-likeness (QED) is 0.401. The number of rotatable bonds is 6. The summed E-state index contributed by atoms with van der Waals surface area (Å²) in [5.74, 6) is -0.940. The number of hydrogen-bond donors (Lipinski definition) is 0. The molecule has 2 aromatic carbocycles. The van der Waals surface area contributed by atoms with Crippen LogP contribution in [0.2, 0.25) is 0 Å². The maximum Gasteiger partial charge on any atom is 0.331 e. The first-order valence-corrected chi connectivity index (χ1v) is 11.1. The number of esters is 1. The van der Waals surface area contributed by atoms with Gasteiger partial charge in [0.25, 0.3) is 5.91 Å². The van der Waals surface area contributed by atoms with Crippen LogP contribution in [0.1, 0.15) is 6.92 Å². The number of carbonyl (C=O) groups excluding carboxylic acids is 2. The molecule has 0 unspecified atom stereocenters. The van der Waals surface area contributed by atoms with Crippen LogP contribution in [0, 0.1) is 0 Å². The van der Waals surface area contributed by atoms with Crippen molar-refractivity contribution in [3.63, 3.8) is 0 Å². The molecule has 158 valence electrons. The van der Waals surface area contributed by atoms with Crippen LogP contribution in [0.5, 0.6) is 0 Å². The van der Waals surface area contributed by atoms with E-state index in [9.17, 15) is 18.0 Å². The summed E-state index contributed by atoms with van der Waals surface area (Å²) in [4.78, 5) is 25.5. The van der Waals surface area contributed by atoms with Gasteiger partial charge in [0, 0.05) is 32.3 Å². The maximum absolute atomic E-state index is 13.0. The van der Waals surface area contributed by atoms with Gasteiger partial charge in [-0.05, 0) is 29.8 Å². The third-order valence-electron chi connectivity index (χ3n) is 4.82. The Balaban J connectivity index is 1.57. The van der Waals surface area contributed by atoms with E-state index >= 15 is 0 Å². The molecule has 2 aromatic rings. The number of fused-ring (bicyclic) bond motifs is 1. The van der Waals surface area contributed by atoms with Crippen molar-refractivity contribution in [2.45, 2.75) is 11.8 Å². The predicted molar refractivity (Wildman–Crippen MR) is 114 cm³/mol. The Kier molecular flexibility index (Phi) is 7.02. The summed E-state index contributed by atoms with van der Waals surface area (Å²) in [7, 11) is -3.65. The molecule has 1 saturated heterocycles. The molecular formula is C22H24N2O5S. The van der Waals surface area contributed by atoms with Crippen molar-refractivity contribution in [1.82, 2.24) is 9.21 Å². The number of ether oxygens (including phenoxy) is 1. The number of benzene rings is 2. The molecule has 1 aliphatic heterocycles. The molecule has 30 heavy (non-hydrogen) atoms. The third-order valence-corrected chi connectivity index (χ3v) is 6.72. The first-order chi connectivity index (χ1) is 14.4. The molecule has 3 rings (SSSR count). The van der Waals surface area contributed by atoms with Crippen LogP contribution in [0.4, 0.5) is 0 Å². The summed E-state index contributed by atoms with van der Waals surface area (Å²) in [5, 5.41) is 1.83. The van der Waals surface area contributed by atoms with E-state index in [0.717, 1.165) is 10.8 Å². The van der Waals surface area contributed by atoms with Gasteiger partial charge in [-0.25, -0.2) is 13.2 Å². The van der Waals surface area contributed by atoms with Crippen LogP contribution in [0.3, 0.4) is 0 Å². The van der Waals surface area contributed by atoms with E-state index in [2.05, 4.69) is 0 Å². The molecule has 0 aliphatic carbocycles. The fraction of sp³-hybridized carbons (Fsp3) is 0.273. The second kappa shape index (κ2) is 9.69. The second-order valence-corrected chi connectivity index (χ2v) is 8.72. The van der Waals surface area contributed by atoms with Crippen molar-refractivity contribution in [2.24, 2.45) is 0 Å². The highest BCUT2D eigenvalue weighted by molar-refractivity contribution is 7.89. The lowest BCUT2D eigenvalue weighted by Crippen LogP contribution is -2.51. The normalized spacial score (nSPS) is 15.8. The highest BCUT2D eigenvalue weighted by Crippen LogP contribution is 2.22. The van der Waals surface area contributed by atoms with Gasteiger partial charge in [-0.15, -0.1) is 0 Å². The molecular weight excluding hydrogens is 404 g/mol. The van der Waals surface area contributed by atoms with Gasteiger partial charge in [0.1, 0.15) is 0 Å². The Morgan fingerprint density at radius 2 is 1.70 bits per heavy atom. The Hall–Kier alpha value is -2.97. The van der Waals surface area contributed by atoms with Gasteiger partial charge in [0.2, 0.25) is 10.0 Å². The van der Waals surface area contributed by atoms with Crippen LogP contribution in [-0.2, 0) is 24.3 Å². The topological polar surface area (TPSA) is 84.0 Å². The molecule has 0 saturated carbocycles. The van der Waals surface area contributed by atoms with Crippen molar-refractivity contribution < 1.29 is 22.7 Å². The van der Waals surface area contributed by atoms with Gasteiger partial charge >= 0.3 is 5.97 Å². The van der Waals surface area contributed by atoms with Crippen molar-refractivity contribution in [2.75, 3.05) is 32.8 Å². The molecule has 1 fully saturated rings. The minimum Gasteiger partial charge on any atom is -0.452 e. The Labute approximate surface area is 176 Å². The molecule has 0 atom stereocenters. The average Bonchev–Trinajstić information content (AvgIpc) is 2.77. The number of piperazine rings is 1. The highest BCUT2D eigenvalue weighted by atomic mass is 32.2. The second-order valence-electron chi connectivity index (χ2n) is 6.79. The molecule has 7 nitrogen and oxygen atoms in total. The van der Waals surface area contributed by atoms with E-state index in [4.69, 9.17) is 4.74 Å². The van der Waals surface area contributed by atoms with E-state index in [1.165, 1.54) is 21.4 Å². The first kappa shape index (κ1) is 21.7. The lowest BCUT2D eigenvalue weighted by molar-refractivity contribution is -0.148. The van der Waals surface area contributed by atoms with Crippen LogP contribution >= 0.6 is 0 Å². The molecule has 1 heterocycles. The summed E-state index contributed by atoms with van der Waals surface area (Å²) in [6, 6.07) is 12.6. The van der Waals surface area contributed by atoms with Crippen LogP contribution < -0.4 is 0 Å². The van der Waals surface area contributed by atoms with Crippen molar-refractivity contribution in [1.29, 1.82) is 0 Å². The fourth-order valence-electron chi connectivity index (χ4n) is 3.17. The van der Waals surface area contributed by atoms with Gasteiger partial charge < -0.3 is 9.64 Å². The lowest BCUT2D eigenvalue weighted by atomic mass is 10.1. The summed E-state index contributed by atoms with van der Waals surface area (Å²) in [5.41, 5.74) is 0. The summed E-state index contributed by atoms with van der Waals surface area (Å²) in [6.45, 7) is 2.33. The summed E-state index contributed by atoms with van der Waals surface area (Å²) >= 11 is 0. The molecule has 1 aliphatic rings. The highest BCUT2D eigenvalue weighted by Gasteiger charge is 2.30. The molecule has 8 heteroatoms. The fourth-order valence-corrected chi connectivity index (χ4v) is 4.63. The summed E-state index contributed by atoms with van der Waals surface area (Å²) in [6.07, 6.45) is 6.21. The zero-order chi connectivity index (χ0) is 21.6. The maximum atomic E-state index is 13.0. The Morgan fingerprint density at radius 3 is 2.40 bits per heavy atom. The zero-order valence-electron chi connectivity index (χ0n) is 16.7. The Morgan fingerprint density at radius 1 is 1.00 bits per heavy atom. The number of hydrogen-bond acceptors (Lipinski definition) is 5. The van der Waals surface area contributed by atoms with Crippen molar-refractivity contribution >= 4 is 32.7 Å². The van der Waals surface area contributed by atoms with Gasteiger partial charge in [0.05, 0.1) is 4.90 Å². The number of nitrogens with zero attached hydrogens (tertiary/aromatic N) is 2. The van der Waals surface area contributed by atoms with Gasteiger partial charge in [-0.1, -0.05) is 48.6 Å². The monoisotopic (exact) mass is 428 g/mol. The van der Waals surface area contributed by atoms with E-state index in [-0.39, 0.29) is 43.6 Å². The van der Waals surface area contributed by atoms with Crippen molar-refractivity contribution in [3.8, 4) is 0 Å². The van der Waals surface area contributed by atoms with Crippen LogP contribution in [-0.4, -0.2) is 62.3 Å². The number of allylic oxidation sites excluding steroid dienone is 3. The minimum atomic E-state index is -3.65. The van der Waals surface area contributed by atoms with E-state index in [1.807, 2.05) is 31.2 Å². The molecule has 1 amide bonds. The van der Waals surface area contributed by atoms with Crippen LogP contribution in [0.15, 0.2) is 71.7 Å². The number of sulfonamides is 1. The standard InChI is InChI=1S/C22H24N2O5S/c1-2-3-4-9-22(26)29-17-21(25)23-12-14-24(15-13-23)30(27,28)20-11-10-18-7-5-6-8-19(18)16-20/h2-11,16H,12-15,17H2,1H3/b3-2+,9-4+. The molecule has 0 N–H and O–H groups in total. The van der Waals surface area contributed by atoms with E-state index in [1.54, 1.807) is 30.4 Å². The van der Waals surface area contributed by atoms with Gasteiger partial charge in [-0.2, -0.15) is 4.31 Å². The van der Waals surface area contributed by atoms with E-state index in [0.29, 0.717) is 0 Å². The largest absolute Gasteiger partial charge is 0.452 e. The molecule has 0 bridgehead atoms. The Bertz CT molecular complexity index is 1080. The SMILES string of the molecule is C/C=C/C=C/C(=O)OCC(=O)N1CCN(S(=O)(=O)c2ccc3ccccc3c2)CC1. The minimum absolute atomic E-state index is 0.191. The molecule has 0 spiro atoms.